The van der Waals surface area contributed by atoms with E-state index in [-0.39, 0.29) is 5.56 Å². The Balaban J connectivity index is 2.67. The van der Waals surface area contributed by atoms with Gasteiger partial charge in [-0.3, -0.25) is 4.98 Å². The number of benzene rings is 1. The monoisotopic (exact) mass is 186 g/mol. The van der Waals surface area contributed by atoms with Gasteiger partial charge in [0.15, 0.2) is 0 Å². The van der Waals surface area contributed by atoms with Gasteiger partial charge in [-0.2, -0.15) is 0 Å². The van der Waals surface area contributed by atoms with Crippen molar-refractivity contribution >= 4 is 16.9 Å². The lowest BCUT2D eigenvalue weighted by molar-refractivity contribution is -0.255. The number of aromatic nitrogens is 1. The molecule has 2 aromatic rings. The first-order valence-corrected chi connectivity index (χ1v) is 4.25. The fraction of sp³-hybridized carbons (Fsp3) is 0.0909. The van der Waals surface area contributed by atoms with Crippen LogP contribution < -0.4 is 5.11 Å². The van der Waals surface area contributed by atoms with Crippen LogP contribution in [0.2, 0.25) is 0 Å². The molecule has 3 nitrogen and oxygen atoms in total. The second-order valence-electron chi connectivity index (χ2n) is 3.15. The molecule has 1 heterocycles. The summed E-state index contributed by atoms with van der Waals surface area (Å²) in [7, 11) is 0. The lowest BCUT2D eigenvalue weighted by Crippen LogP contribution is -2.21. The van der Waals surface area contributed by atoms with Crippen LogP contribution in [-0.4, -0.2) is 11.0 Å². The summed E-state index contributed by atoms with van der Waals surface area (Å²) in [6.45, 7) is 1.89. The van der Waals surface area contributed by atoms with Crippen LogP contribution in [0.1, 0.15) is 16.1 Å². The van der Waals surface area contributed by atoms with Crippen molar-refractivity contribution < 1.29 is 9.90 Å². The molecule has 0 saturated heterocycles. The number of aromatic carboxylic acids is 1. The summed E-state index contributed by atoms with van der Waals surface area (Å²) in [5.41, 5.74) is 1.90. The zero-order valence-corrected chi connectivity index (χ0v) is 7.65. The van der Waals surface area contributed by atoms with Crippen molar-refractivity contribution in [2.75, 3.05) is 0 Å². The maximum Gasteiger partial charge on any atom is 0.0715 e. The number of hydrogen-bond donors (Lipinski definition) is 0. The van der Waals surface area contributed by atoms with Crippen molar-refractivity contribution in [3.05, 3.63) is 41.6 Å². The summed E-state index contributed by atoms with van der Waals surface area (Å²) < 4.78 is 0. The summed E-state index contributed by atoms with van der Waals surface area (Å²) in [5.74, 6) is -1.16. The van der Waals surface area contributed by atoms with Crippen molar-refractivity contribution in [2.45, 2.75) is 6.92 Å². The molecule has 0 unspecified atom stereocenters. The summed E-state index contributed by atoms with van der Waals surface area (Å²) >= 11 is 0. The van der Waals surface area contributed by atoms with Crippen molar-refractivity contribution in [2.24, 2.45) is 0 Å². The predicted octanol–water partition coefficient (Wildman–Crippen LogP) is 0.907. The first-order valence-electron chi connectivity index (χ1n) is 4.25. The molecule has 3 heteroatoms. The molecule has 1 aromatic heterocycles. The van der Waals surface area contributed by atoms with E-state index in [0.717, 1.165) is 16.6 Å². The highest BCUT2D eigenvalue weighted by molar-refractivity contribution is 5.92. The molecule has 1 aromatic carbocycles. The zero-order valence-electron chi connectivity index (χ0n) is 7.65. The minimum Gasteiger partial charge on any atom is -0.545 e. The number of carbonyl (C=O) groups excluding carboxylic acids is 1. The van der Waals surface area contributed by atoms with Crippen molar-refractivity contribution in [3.63, 3.8) is 0 Å². The van der Waals surface area contributed by atoms with Crippen LogP contribution in [0.4, 0.5) is 0 Å². The smallest absolute Gasteiger partial charge is 0.0715 e. The summed E-state index contributed by atoms with van der Waals surface area (Å²) in [6.07, 6.45) is 0. The Hall–Kier alpha value is -1.90. The van der Waals surface area contributed by atoms with E-state index in [1.807, 2.05) is 19.1 Å². The van der Waals surface area contributed by atoms with Crippen LogP contribution in [-0.2, 0) is 0 Å². The Bertz CT molecular complexity index is 506. The summed E-state index contributed by atoms with van der Waals surface area (Å²) in [6, 6.07) is 8.46. The Kier molecular flexibility index (Phi) is 1.93. The first-order chi connectivity index (χ1) is 6.66. The maximum atomic E-state index is 10.6. The summed E-state index contributed by atoms with van der Waals surface area (Å²) in [5, 5.41) is 11.4. The molecule has 0 aliphatic rings. The highest BCUT2D eigenvalue weighted by Crippen LogP contribution is 2.14. The third-order valence-electron chi connectivity index (χ3n) is 2.06. The number of rotatable bonds is 1. The minimum atomic E-state index is -1.16. The van der Waals surface area contributed by atoms with Gasteiger partial charge in [-0.1, -0.05) is 12.1 Å². The van der Waals surface area contributed by atoms with E-state index in [2.05, 4.69) is 4.98 Å². The number of hydrogen-bond acceptors (Lipinski definition) is 3. The molecule has 2 rings (SSSR count). The van der Waals surface area contributed by atoms with Crippen molar-refractivity contribution in [1.82, 2.24) is 4.98 Å². The van der Waals surface area contributed by atoms with Gasteiger partial charge in [-0.05, 0) is 30.7 Å². The average Bonchev–Trinajstić information content (AvgIpc) is 2.16. The van der Waals surface area contributed by atoms with Gasteiger partial charge in [-0.25, -0.2) is 0 Å². The molecule has 70 valence electrons. The fourth-order valence-electron chi connectivity index (χ4n) is 1.35. The van der Waals surface area contributed by atoms with E-state index in [9.17, 15) is 9.90 Å². The van der Waals surface area contributed by atoms with Crippen LogP contribution in [0.3, 0.4) is 0 Å². The number of carboxylic acids is 1. The van der Waals surface area contributed by atoms with Gasteiger partial charge in [0.05, 0.1) is 11.5 Å². The Morgan fingerprint density at radius 3 is 2.79 bits per heavy atom. The maximum absolute atomic E-state index is 10.6. The molecule has 0 spiro atoms. The number of aryl methyl sites for hydroxylation is 1. The van der Waals surface area contributed by atoms with E-state index < -0.39 is 5.97 Å². The van der Waals surface area contributed by atoms with E-state index >= 15 is 0 Å². The summed E-state index contributed by atoms with van der Waals surface area (Å²) in [4.78, 5) is 14.8. The van der Waals surface area contributed by atoms with E-state index in [1.165, 1.54) is 6.07 Å². The number of pyridine rings is 1. The molecule has 0 aliphatic carbocycles. The van der Waals surface area contributed by atoms with Gasteiger partial charge in [0.25, 0.3) is 0 Å². The molecule has 0 bridgehead atoms. The lowest BCUT2D eigenvalue weighted by Gasteiger charge is -2.04. The van der Waals surface area contributed by atoms with Gasteiger partial charge in [-0.15, -0.1) is 0 Å². The van der Waals surface area contributed by atoms with Gasteiger partial charge in [0.1, 0.15) is 0 Å². The zero-order chi connectivity index (χ0) is 10.1. The average molecular weight is 186 g/mol. The fourth-order valence-corrected chi connectivity index (χ4v) is 1.35. The molecule has 0 N–H and O–H groups in total. The van der Waals surface area contributed by atoms with Gasteiger partial charge >= 0.3 is 0 Å². The molecular formula is C11H8NO2-. The molecule has 14 heavy (non-hydrogen) atoms. The van der Waals surface area contributed by atoms with Crippen LogP contribution in [0.5, 0.6) is 0 Å². The largest absolute Gasteiger partial charge is 0.545 e. The first kappa shape index (κ1) is 8.69. The van der Waals surface area contributed by atoms with Crippen LogP contribution in [0.25, 0.3) is 10.9 Å². The predicted molar refractivity (Wildman–Crippen MR) is 50.8 cm³/mol. The molecule has 0 aliphatic heterocycles. The standard InChI is InChI=1S/C11H9NO2/c1-7-2-3-8-6-9(11(13)14)4-5-10(8)12-7/h2-6H,1H3,(H,13,14)/p-1. The highest BCUT2D eigenvalue weighted by Gasteiger charge is 1.98. The molecule has 0 radical (unpaired) electrons. The Labute approximate surface area is 81.0 Å². The molecule has 0 atom stereocenters. The van der Waals surface area contributed by atoms with Crippen LogP contribution >= 0.6 is 0 Å². The van der Waals surface area contributed by atoms with Crippen LogP contribution in [0.15, 0.2) is 30.3 Å². The van der Waals surface area contributed by atoms with E-state index in [1.54, 1.807) is 12.1 Å². The second kappa shape index (κ2) is 3.10. The normalized spacial score (nSPS) is 10.4. The molecule has 0 amide bonds. The third-order valence-corrected chi connectivity index (χ3v) is 2.06. The highest BCUT2D eigenvalue weighted by atomic mass is 16.4. The minimum absolute atomic E-state index is 0.183. The second-order valence-corrected chi connectivity index (χ2v) is 3.15. The molecule has 0 fully saturated rings. The number of carboxylic acid groups (broad SMARTS) is 1. The van der Waals surface area contributed by atoms with Crippen molar-refractivity contribution in [1.29, 1.82) is 0 Å². The van der Waals surface area contributed by atoms with E-state index in [0.29, 0.717) is 0 Å². The van der Waals surface area contributed by atoms with Gasteiger partial charge in [0.2, 0.25) is 0 Å². The quantitative estimate of drug-likeness (QED) is 0.665. The Morgan fingerprint density at radius 1 is 1.29 bits per heavy atom. The Morgan fingerprint density at radius 2 is 2.07 bits per heavy atom. The third kappa shape index (κ3) is 1.44. The SMILES string of the molecule is Cc1ccc2cc(C(=O)[O-])ccc2n1. The lowest BCUT2D eigenvalue weighted by atomic mass is 10.1. The van der Waals surface area contributed by atoms with Gasteiger partial charge < -0.3 is 9.90 Å². The number of carbonyl (C=O) groups is 1. The number of nitrogens with zero attached hydrogens (tertiary/aromatic N) is 1. The van der Waals surface area contributed by atoms with Crippen molar-refractivity contribution in [3.8, 4) is 0 Å². The van der Waals surface area contributed by atoms with Crippen LogP contribution in [0, 0.1) is 6.92 Å². The number of fused-ring (bicyclic) bond motifs is 1. The van der Waals surface area contributed by atoms with Gasteiger partial charge in [0, 0.05) is 11.1 Å². The van der Waals surface area contributed by atoms with E-state index in [4.69, 9.17) is 0 Å². The topological polar surface area (TPSA) is 53.0 Å². The molecular weight excluding hydrogens is 178 g/mol. The molecule has 0 saturated carbocycles.